The number of hydrogen-bond donors (Lipinski definition) is 1. The van der Waals surface area contributed by atoms with Crippen molar-refractivity contribution in [3.8, 4) is 0 Å². The van der Waals surface area contributed by atoms with Crippen LogP contribution < -0.4 is 0 Å². The SMILES string of the molecule is OC(c1ccco1)C1CC2CCC1C2. The molecule has 76 valence electrons. The predicted molar refractivity (Wildman–Crippen MR) is 52.6 cm³/mol. The highest BCUT2D eigenvalue weighted by atomic mass is 16.4. The molecule has 1 aromatic rings. The summed E-state index contributed by atoms with van der Waals surface area (Å²) < 4.78 is 5.27. The molecule has 1 heterocycles. The van der Waals surface area contributed by atoms with Gasteiger partial charge < -0.3 is 9.52 Å². The van der Waals surface area contributed by atoms with Gasteiger partial charge in [-0.15, -0.1) is 0 Å². The van der Waals surface area contributed by atoms with Crippen molar-refractivity contribution in [3.05, 3.63) is 24.2 Å². The maximum Gasteiger partial charge on any atom is 0.132 e. The van der Waals surface area contributed by atoms with Crippen LogP contribution in [0.15, 0.2) is 22.8 Å². The molecule has 2 fully saturated rings. The molecule has 0 aliphatic heterocycles. The maximum atomic E-state index is 10.1. The molecule has 0 spiro atoms. The van der Waals surface area contributed by atoms with Gasteiger partial charge in [-0.1, -0.05) is 6.42 Å². The number of aliphatic hydroxyl groups excluding tert-OH is 1. The minimum Gasteiger partial charge on any atom is -0.467 e. The van der Waals surface area contributed by atoms with Gasteiger partial charge in [0, 0.05) is 0 Å². The summed E-state index contributed by atoms with van der Waals surface area (Å²) in [4.78, 5) is 0. The summed E-state index contributed by atoms with van der Waals surface area (Å²) in [5.74, 6) is 2.84. The normalized spacial score (nSPS) is 37.6. The number of fused-ring (bicyclic) bond motifs is 2. The molecule has 2 aliphatic rings. The Labute approximate surface area is 83.9 Å². The second-order valence-electron chi connectivity index (χ2n) is 4.80. The Bertz CT molecular complexity index is 304. The zero-order valence-electron chi connectivity index (χ0n) is 8.23. The van der Waals surface area contributed by atoms with E-state index in [0.29, 0.717) is 5.92 Å². The van der Waals surface area contributed by atoms with Gasteiger partial charge in [0.2, 0.25) is 0 Å². The third kappa shape index (κ3) is 1.21. The monoisotopic (exact) mass is 192 g/mol. The fourth-order valence-electron chi connectivity index (χ4n) is 3.35. The zero-order valence-corrected chi connectivity index (χ0v) is 8.23. The Morgan fingerprint density at radius 2 is 2.29 bits per heavy atom. The maximum absolute atomic E-state index is 10.1. The lowest BCUT2D eigenvalue weighted by molar-refractivity contribution is 0.0559. The summed E-state index contributed by atoms with van der Waals surface area (Å²) in [6.07, 6.45) is 6.51. The molecule has 4 unspecified atom stereocenters. The van der Waals surface area contributed by atoms with E-state index < -0.39 is 0 Å². The van der Waals surface area contributed by atoms with Crippen LogP contribution in [0.2, 0.25) is 0 Å². The minimum atomic E-state index is -0.361. The van der Waals surface area contributed by atoms with Crippen molar-refractivity contribution in [1.29, 1.82) is 0 Å². The first-order valence-electron chi connectivity index (χ1n) is 5.56. The largest absolute Gasteiger partial charge is 0.467 e. The van der Waals surface area contributed by atoms with E-state index in [9.17, 15) is 5.11 Å². The molecular weight excluding hydrogens is 176 g/mol. The zero-order chi connectivity index (χ0) is 9.54. The van der Waals surface area contributed by atoms with Gasteiger partial charge in [0.05, 0.1) is 6.26 Å². The molecule has 14 heavy (non-hydrogen) atoms. The Morgan fingerprint density at radius 3 is 2.86 bits per heavy atom. The van der Waals surface area contributed by atoms with Gasteiger partial charge >= 0.3 is 0 Å². The fraction of sp³-hybridized carbons (Fsp3) is 0.667. The van der Waals surface area contributed by atoms with E-state index in [1.54, 1.807) is 6.26 Å². The number of rotatable bonds is 2. The van der Waals surface area contributed by atoms with E-state index in [-0.39, 0.29) is 6.10 Å². The molecule has 2 nitrogen and oxygen atoms in total. The van der Waals surface area contributed by atoms with Crippen molar-refractivity contribution in [3.63, 3.8) is 0 Å². The second-order valence-corrected chi connectivity index (χ2v) is 4.80. The summed E-state index contributed by atoms with van der Waals surface area (Å²) in [5, 5.41) is 10.1. The standard InChI is InChI=1S/C12H16O2/c13-12(11-2-1-5-14-11)10-7-8-3-4-9(10)6-8/h1-2,5,8-10,12-13H,3-4,6-7H2. The van der Waals surface area contributed by atoms with Crippen LogP contribution in [0.4, 0.5) is 0 Å². The van der Waals surface area contributed by atoms with Gasteiger partial charge in [0.1, 0.15) is 11.9 Å². The first-order valence-corrected chi connectivity index (χ1v) is 5.56. The number of aliphatic hydroxyl groups is 1. The van der Waals surface area contributed by atoms with Crippen LogP contribution in [0.5, 0.6) is 0 Å². The van der Waals surface area contributed by atoms with Crippen molar-refractivity contribution < 1.29 is 9.52 Å². The summed E-state index contributed by atoms with van der Waals surface area (Å²) in [6, 6.07) is 3.74. The summed E-state index contributed by atoms with van der Waals surface area (Å²) in [7, 11) is 0. The van der Waals surface area contributed by atoms with Gasteiger partial charge in [-0.05, 0) is 49.1 Å². The summed E-state index contributed by atoms with van der Waals surface area (Å²) in [5.41, 5.74) is 0. The van der Waals surface area contributed by atoms with Crippen LogP contribution in [-0.2, 0) is 0 Å². The fourth-order valence-corrected chi connectivity index (χ4v) is 3.35. The Kier molecular flexibility index (Phi) is 1.91. The van der Waals surface area contributed by atoms with Crippen molar-refractivity contribution in [2.24, 2.45) is 17.8 Å². The smallest absolute Gasteiger partial charge is 0.132 e. The topological polar surface area (TPSA) is 33.4 Å². The highest BCUT2D eigenvalue weighted by molar-refractivity contribution is 5.06. The third-order valence-corrected chi connectivity index (χ3v) is 4.03. The molecular formula is C12H16O2. The molecule has 3 rings (SSSR count). The van der Waals surface area contributed by atoms with Gasteiger partial charge in [0.25, 0.3) is 0 Å². The molecule has 1 aromatic heterocycles. The van der Waals surface area contributed by atoms with E-state index in [4.69, 9.17) is 4.42 Å². The molecule has 0 radical (unpaired) electrons. The Balaban J connectivity index is 1.77. The van der Waals surface area contributed by atoms with Crippen LogP contribution in [0.25, 0.3) is 0 Å². The van der Waals surface area contributed by atoms with E-state index in [1.807, 2.05) is 12.1 Å². The van der Waals surface area contributed by atoms with E-state index in [0.717, 1.165) is 17.6 Å². The van der Waals surface area contributed by atoms with Crippen LogP contribution in [0.1, 0.15) is 37.5 Å². The van der Waals surface area contributed by atoms with Crippen molar-refractivity contribution in [2.75, 3.05) is 0 Å². The Hall–Kier alpha value is -0.760. The lowest BCUT2D eigenvalue weighted by Crippen LogP contribution is -2.18. The molecule has 2 aliphatic carbocycles. The van der Waals surface area contributed by atoms with Crippen LogP contribution >= 0.6 is 0 Å². The second kappa shape index (κ2) is 3.13. The first kappa shape index (κ1) is 8.54. The van der Waals surface area contributed by atoms with Crippen molar-refractivity contribution in [2.45, 2.75) is 31.8 Å². The quantitative estimate of drug-likeness (QED) is 0.781. The predicted octanol–water partition coefficient (Wildman–Crippen LogP) is 2.75. The number of hydrogen-bond acceptors (Lipinski definition) is 2. The summed E-state index contributed by atoms with van der Waals surface area (Å²) in [6.45, 7) is 0. The lowest BCUT2D eigenvalue weighted by atomic mass is 9.84. The molecule has 2 heteroatoms. The minimum absolute atomic E-state index is 0.361. The Morgan fingerprint density at radius 1 is 1.36 bits per heavy atom. The van der Waals surface area contributed by atoms with Gasteiger partial charge in [-0.3, -0.25) is 0 Å². The van der Waals surface area contributed by atoms with Gasteiger partial charge in [-0.2, -0.15) is 0 Å². The van der Waals surface area contributed by atoms with Crippen molar-refractivity contribution >= 4 is 0 Å². The van der Waals surface area contributed by atoms with E-state index in [2.05, 4.69) is 0 Å². The van der Waals surface area contributed by atoms with Gasteiger partial charge in [0.15, 0.2) is 0 Å². The number of furan rings is 1. The highest BCUT2D eigenvalue weighted by Gasteiger charge is 2.43. The average Bonchev–Trinajstić information content (AvgIpc) is 2.93. The lowest BCUT2D eigenvalue weighted by Gasteiger charge is -2.25. The van der Waals surface area contributed by atoms with E-state index >= 15 is 0 Å². The molecule has 4 atom stereocenters. The molecule has 0 aromatic carbocycles. The molecule has 2 bridgehead atoms. The first-order chi connectivity index (χ1) is 6.84. The van der Waals surface area contributed by atoms with Crippen LogP contribution in [0.3, 0.4) is 0 Å². The van der Waals surface area contributed by atoms with Crippen LogP contribution in [0, 0.1) is 17.8 Å². The highest BCUT2D eigenvalue weighted by Crippen LogP contribution is 2.52. The van der Waals surface area contributed by atoms with E-state index in [1.165, 1.54) is 25.7 Å². The third-order valence-electron chi connectivity index (χ3n) is 4.03. The average molecular weight is 192 g/mol. The molecule has 0 amide bonds. The van der Waals surface area contributed by atoms with Gasteiger partial charge in [-0.25, -0.2) is 0 Å². The molecule has 0 saturated heterocycles. The summed E-state index contributed by atoms with van der Waals surface area (Å²) >= 11 is 0. The van der Waals surface area contributed by atoms with Crippen LogP contribution in [-0.4, -0.2) is 5.11 Å². The molecule has 1 N–H and O–H groups in total. The molecule has 2 saturated carbocycles. The van der Waals surface area contributed by atoms with Crippen molar-refractivity contribution in [1.82, 2.24) is 0 Å².